The third kappa shape index (κ3) is 2.76. The minimum Gasteiger partial charge on any atom is -0.380 e. The highest BCUT2D eigenvalue weighted by Crippen LogP contribution is 2.13. The molecule has 0 aromatic carbocycles. The molecule has 0 spiro atoms. The number of hydrogen-bond donors (Lipinski definition) is 1. The Morgan fingerprint density at radius 2 is 2.00 bits per heavy atom. The fourth-order valence-corrected chi connectivity index (χ4v) is 1.42. The van der Waals surface area contributed by atoms with Crippen LogP contribution < -0.4 is 5.32 Å². The van der Waals surface area contributed by atoms with Crippen LogP contribution in [-0.4, -0.2) is 15.8 Å². The summed E-state index contributed by atoms with van der Waals surface area (Å²) >= 11 is 0. The van der Waals surface area contributed by atoms with Gasteiger partial charge in [-0.2, -0.15) is 5.10 Å². The average Bonchev–Trinajstić information content (AvgIpc) is 2.62. The van der Waals surface area contributed by atoms with Gasteiger partial charge in [-0.3, -0.25) is 4.68 Å². The molecular formula is C11H21N3. The summed E-state index contributed by atoms with van der Waals surface area (Å²) in [6.45, 7) is 8.67. The van der Waals surface area contributed by atoms with Gasteiger partial charge in [0.25, 0.3) is 0 Å². The second kappa shape index (κ2) is 5.03. The molecule has 0 fully saturated rings. The minimum absolute atomic E-state index is 0.437. The summed E-state index contributed by atoms with van der Waals surface area (Å²) in [5.41, 5.74) is 1.13. The molecule has 3 heteroatoms. The second-order valence-electron chi connectivity index (χ2n) is 3.96. The molecule has 0 bridgehead atoms. The summed E-state index contributed by atoms with van der Waals surface area (Å²) in [4.78, 5) is 0. The highest BCUT2D eigenvalue weighted by Gasteiger charge is 2.05. The standard InChI is InChI=1S/C11H21N3/c1-5-10(6-2)13-11-7-12-14(8-11)9(3)4/h7-10,13H,5-6H2,1-4H3. The first-order valence-corrected chi connectivity index (χ1v) is 5.48. The molecule has 80 valence electrons. The van der Waals surface area contributed by atoms with E-state index in [4.69, 9.17) is 0 Å². The summed E-state index contributed by atoms with van der Waals surface area (Å²) in [5.74, 6) is 0. The molecule has 1 heterocycles. The van der Waals surface area contributed by atoms with Crippen LogP contribution in [0.4, 0.5) is 5.69 Å². The zero-order valence-electron chi connectivity index (χ0n) is 9.62. The lowest BCUT2D eigenvalue weighted by Gasteiger charge is -2.14. The van der Waals surface area contributed by atoms with Crippen molar-refractivity contribution in [1.29, 1.82) is 0 Å². The van der Waals surface area contributed by atoms with Gasteiger partial charge in [-0.25, -0.2) is 0 Å². The van der Waals surface area contributed by atoms with Crippen molar-refractivity contribution in [3.05, 3.63) is 12.4 Å². The van der Waals surface area contributed by atoms with E-state index in [1.165, 1.54) is 0 Å². The Hall–Kier alpha value is -0.990. The van der Waals surface area contributed by atoms with Crippen molar-refractivity contribution >= 4 is 5.69 Å². The lowest BCUT2D eigenvalue weighted by atomic mass is 10.2. The first-order chi connectivity index (χ1) is 6.67. The van der Waals surface area contributed by atoms with Crippen molar-refractivity contribution in [2.45, 2.75) is 52.6 Å². The number of anilines is 1. The van der Waals surface area contributed by atoms with E-state index in [0.717, 1.165) is 18.5 Å². The molecule has 0 amide bonds. The highest BCUT2D eigenvalue weighted by atomic mass is 15.3. The van der Waals surface area contributed by atoms with Crippen LogP contribution in [0.2, 0.25) is 0 Å². The van der Waals surface area contributed by atoms with Crippen molar-refractivity contribution in [2.75, 3.05) is 5.32 Å². The number of rotatable bonds is 5. The minimum atomic E-state index is 0.437. The third-order valence-corrected chi connectivity index (χ3v) is 2.49. The van der Waals surface area contributed by atoms with Gasteiger partial charge >= 0.3 is 0 Å². The Morgan fingerprint density at radius 3 is 2.43 bits per heavy atom. The molecule has 0 atom stereocenters. The van der Waals surface area contributed by atoms with Crippen LogP contribution >= 0.6 is 0 Å². The lowest BCUT2D eigenvalue weighted by Crippen LogP contribution is -2.16. The molecule has 0 aliphatic carbocycles. The van der Waals surface area contributed by atoms with E-state index in [-0.39, 0.29) is 0 Å². The number of hydrogen-bond acceptors (Lipinski definition) is 2. The van der Waals surface area contributed by atoms with E-state index in [1.54, 1.807) is 0 Å². The SMILES string of the molecule is CCC(CC)Nc1cnn(C(C)C)c1. The van der Waals surface area contributed by atoms with Crippen LogP contribution in [-0.2, 0) is 0 Å². The van der Waals surface area contributed by atoms with Gasteiger partial charge < -0.3 is 5.32 Å². The first-order valence-electron chi connectivity index (χ1n) is 5.48. The Labute approximate surface area is 86.5 Å². The van der Waals surface area contributed by atoms with Crippen LogP contribution in [0.15, 0.2) is 12.4 Å². The van der Waals surface area contributed by atoms with Crippen molar-refractivity contribution < 1.29 is 0 Å². The van der Waals surface area contributed by atoms with Gasteiger partial charge in [-0.1, -0.05) is 13.8 Å². The van der Waals surface area contributed by atoms with Crippen molar-refractivity contribution in [1.82, 2.24) is 9.78 Å². The molecule has 1 N–H and O–H groups in total. The molecule has 0 radical (unpaired) electrons. The smallest absolute Gasteiger partial charge is 0.0728 e. The van der Waals surface area contributed by atoms with Gasteiger partial charge in [-0.15, -0.1) is 0 Å². The Bertz CT molecular complexity index is 261. The summed E-state index contributed by atoms with van der Waals surface area (Å²) in [6, 6.07) is 1.01. The third-order valence-electron chi connectivity index (χ3n) is 2.49. The summed E-state index contributed by atoms with van der Waals surface area (Å²) < 4.78 is 1.98. The fraction of sp³-hybridized carbons (Fsp3) is 0.727. The molecule has 0 saturated heterocycles. The van der Waals surface area contributed by atoms with Gasteiger partial charge in [0.1, 0.15) is 0 Å². The van der Waals surface area contributed by atoms with Gasteiger partial charge in [0, 0.05) is 18.3 Å². The van der Waals surface area contributed by atoms with Crippen molar-refractivity contribution in [3.8, 4) is 0 Å². The van der Waals surface area contributed by atoms with E-state index < -0.39 is 0 Å². The van der Waals surface area contributed by atoms with Gasteiger partial charge in [0.15, 0.2) is 0 Å². The zero-order valence-corrected chi connectivity index (χ0v) is 9.62. The van der Waals surface area contributed by atoms with Crippen LogP contribution in [0.5, 0.6) is 0 Å². The molecule has 0 unspecified atom stereocenters. The molecule has 0 aliphatic rings. The monoisotopic (exact) mass is 195 g/mol. The Balaban J connectivity index is 2.58. The normalized spacial score (nSPS) is 11.3. The van der Waals surface area contributed by atoms with Gasteiger partial charge in [0.05, 0.1) is 11.9 Å². The zero-order chi connectivity index (χ0) is 10.6. The maximum atomic E-state index is 4.29. The number of nitrogens with one attached hydrogen (secondary N) is 1. The molecule has 14 heavy (non-hydrogen) atoms. The first kappa shape index (κ1) is 11.1. The van der Waals surface area contributed by atoms with Gasteiger partial charge in [-0.05, 0) is 26.7 Å². The second-order valence-corrected chi connectivity index (χ2v) is 3.96. The van der Waals surface area contributed by atoms with E-state index in [0.29, 0.717) is 12.1 Å². The summed E-state index contributed by atoms with van der Waals surface area (Å²) in [6.07, 6.45) is 6.29. The lowest BCUT2D eigenvalue weighted by molar-refractivity contribution is 0.532. The highest BCUT2D eigenvalue weighted by molar-refractivity contribution is 5.39. The summed E-state index contributed by atoms with van der Waals surface area (Å²) in [7, 11) is 0. The molecular weight excluding hydrogens is 174 g/mol. The van der Waals surface area contributed by atoms with Gasteiger partial charge in [0.2, 0.25) is 0 Å². The molecule has 3 nitrogen and oxygen atoms in total. The average molecular weight is 195 g/mol. The molecule has 1 rings (SSSR count). The van der Waals surface area contributed by atoms with Crippen LogP contribution in [0.1, 0.15) is 46.6 Å². The fourth-order valence-electron chi connectivity index (χ4n) is 1.42. The predicted molar refractivity (Wildman–Crippen MR) is 60.6 cm³/mol. The van der Waals surface area contributed by atoms with E-state index in [9.17, 15) is 0 Å². The largest absolute Gasteiger partial charge is 0.380 e. The maximum Gasteiger partial charge on any atom is 0.0728 e. The molecule has 0 saturated carbocycles. The molecule has 1 aromatic rings. The van der Waals surface area contributed by atoms with Crippen LogP contribution in [0, 0.1) is 0 Å². The topological polar surface area (TPSA) is 29.9 Å². The Morgan fingerprint density at radius 1 is 1.36 bits per heavy atom. The predicted octanol–water partition coefficient (Wildman–Crippen LogP) is 3.06. The van der Waals surface area contributed by atoms with Crippen LogP contribution in [0.25, 0.3) is 0 Å². The molecule has 1 aromatic heterocycles. The van der Waals surface area contributed by atoms with Crippen molar-refractivity contribution in [3.63, 3.8) is 0 Å². The van der Waals surface area contributed by atoms with Crippen molar-refractivity contribution in [2.24, 2.45) is 0 Å². The Kier molecular flexibility index (Phi) is 3.98. The summed E-state index contributed by atoms with van der Waals surface area (Å²) in [5, 5.41) is 7.76. The van der Waals surface area contributed by atoms with E-state index >= 15 is 0 Å². The molecule has 0 aliphatic heterocycles. The van der Waals surface area contributed by atoms with Crippen LogP contribution in [0.3, 0.4) is 0 Å². The quantitative estimate of drug-likeness (QED) is 0.782. The number of aromatic nitrogens is 2. The van der Waals surface area contributed by atoms with E-state index in [2.05, 4.69) is 44.3 Å². The maximum absolute atomic E-state index is 4.29. The number of nitrogens with zero attached hydrogens (tertiary/aromatic N) is 2. The van der Waals surface area contributed by atoms with E-state index in [1.807, 2.05) is 10.9 Å².